The van der Waals surface area contributed by atoms with E-state index >= 15 is 0 Å². The number of amides is 1. The Bertz CT molecular complexity index is 640. The minimum Gasteiger partial charge on any atom is -0.453 e. The minimum atomic E-state index is -0.255. The smallest absolute Gasteiger partial charge is 0.409 e. The van der Waals surface area contributed by atoms with Crippen LogP contribution in [-0.2, 0) is 4.74 Å². The van der Waals surface area contributed by atoms with E-state index in [0.29, 0.717) is 6.54 Å². The third-order valence-corrected chi connectivity index (χ3v) is 4.33. The van der Waals surface area contributed by atoms with Crippen molar-refractivity contribution in [3.8, 4) is 0 Å². The second-order valence-electron chi connectivity index (χ2n) is 4.97. The summed E-state index contributed by atoms with van der Waals surface area (Å²) in [6.07, 6.45) is 3.77. The molecule has 0 radical (unpaired) electrons. The lowest BCUT2D eigenvalue weighted by Gasteiger charge is -2.30. The van der Waals surface area contributed by atoms with E-state index in [-0.39, 0.29) is 12.0 Å². The number of nitrogens with zero attached hydrogens (tertiary/aromatic N) is 3. The second-order valence-corrected chi connectivity index (χ2v) is 5.72. The molecule has 0 spiro atoms. The molecule has 1 aliphatic heterocycles. The Hall–Kier alpha value is -1.56. The maximum Gasteiger partial charge on any atom is 0.409 e. The predicted molar refractivity (Wildman–Crippen MR) is 78.8 cm³/mol. The number of hydrogen-bond donors (Lipinski definition) is 0. The molecule has 20 heavy (non-hydrogen) atoms. The summed E-state index contributed by atoms with van der Waals surface area (Å²) in [4.78, 5) is 18.1. The van der Waals surface area contributed by atoms with Crippen molar-refractivity contribution in [1.29, 1.82) is 0 Å². The van der Waals surface area contributed by atoms with Crippen LogP contribution in [0.1, 0.15) is 24.6 Å². The van der Waals surface area contributed by atoms with Crippen LogP contribution in [0.3, 0.4) is 0 Å². The van der Waals surface area contributed by atoms with E-state index in [0.717, 1.165) is 35.3 Å². The Kier molecular flexibility index (Phi) is 3.65. The first-order valence-electron chi connectivity index (χ1n) is 6.66. The van der Waals surface area contributed by atoms with Crippen LogP contribution in [-0.4, -0.2) is 40.6 Å². The summed E-state index contributed by atoms with van der Waals surface area (Å²) in [7, 11) is 1.42. The third-order valence-electron chi connectivity index (χ3n) is 3.75. The average Bonchev–Trinajstić information content (AvgIpc) is 2.84. The lowest BCUT2D eigenvalue weighted by atomic mass is 9.97. The van der Waals surface area contributed by atoms with Gasteiger partial charge < -0.3 is 14.0 Å². The minimum absolute atomic E-state index is 0.240. The Labute approximate surface area is 125 Å². The van der Waals surface area contributed by atoms with Crippen molar-refractivity contribution in [2.75, 3.05) is 20.2 Å². The fourth-order valence-electron chi connectivity index (χ4n) is 2.79. The summed E-state index contributed by atoms with van der Waals surface area (Å²) < 4.78 is 7.76. The van der Waals surface area contributed by atoms with Crippen LogP contribution in [0.5, 0.6) is 0 Å². The molecular formula is C14H16BrN3O2. The largest absolute Gasteiger partial charge is 0.453 e. The molecule has 1 amide bonds. The average molecular weight is 338 g/mol. The number of carbonyl (C=O) groups excluding carboxylic acids is 1. The molecule has 5 nitrogen and oxygen atoms in total. The van der Waals surface area contributed by atoms with E-state index in [4.69, 9.17) is 4.74 Å². The lowest BCUT2D eigenvalue weighted by molar-refractivity contribution is 0.110. The van der Waals surface area contributed by atoms with Crippen molar-refractivity contribution >= 4 is 27.5 Å². The number of hydrogen-bond acceptors (Lipinski definition) is 3. The highest BCUT2D eigenvalue weighted by Crippen LogP contribution is 2.29. The molecule has 0 bridgehead atoms. The highest BCUT2D eigenvalue weighted by atomic mass is 79.9. The molecular weight excluding hydrogens is 322 g/mol. The Morgan fingerprint density at radius 1 is 1.50 bits per heavy atom. The molecule has 1 saturated heterocycles. The predicted octanol–water partition coefficient (Wildman–Crippen LogP) is 3.04. The van der Waals surface area contributed by atoms with E-state index in [1.807, 2.05) is 24.4 Å². The van der Waals surface area contributed by atoms with Gasteiger partial charge in [0.25, 0.3) is 0 Å². The Morgan fingerprint density at radius 3 is 3.15 bits per heavy atom. The quantitative estimate of drug-likeness (QED) is 0.803. The number of carbonyl (C=O) groups is 1. The fraction of sp³-hybridized carbons (Fsp3) is 0.429. The molecule has 0 aromatic carbocycles. The van der Waals surface area contributed by atoms with Gasteiger partial charge in [0.15, 0.2) is 0 Å². The van der Waals surface area contributed by atoms with Crippen LogP contribution in [0.15, 0.2) is 29.0 Å². The molecule has 106 valence electrons. The van der Waals surface area contributed by atoms with Gasteiger partial charge in [-0.25, -0.2) is 9.78 Å². The van der Waals surface area contributed by atoms with Crippen LogP contribution >= 0.6 is 15.9 Å². The molecule has 0 N–H and O–H groups in total. The number of pyridine rings is 1. The molecule has 1 fully saturated rings. The van der Waals surface area contributed by atoms with E-state index in [9.17, 15) is 4.79 Å². The second kappa shape index (κ2) is 5.44. The summed E-state index contributed by atoms with van der Waals surface area (Å²) in [5, 5.41) is 0. The van der Waals surface area contributed by atoms with Gasteiger partial charge in [0.2, 0.25) is 0 Å². The number of ether oxygens (including phenoxy) is 1. The van der Waals surface area contributed by atoms with E-state index < -0.39 is 0 Å². The van der Waals surface area contributed by atoms with Gasteiger partial charge in [-0.3, -0.25) is 0 Å². The molecule has 1 aliphatic rings. The zero-order valence-corrected chi connectivity index (χ0v) is 12.8. The maximum absolute atomic E-state index is 11.7. The normalized spacial score (nSPS) is 19.3. The van der Waals surface area contributed by atoms with Crippen LogP contribution in [0.4, 0.5) is 4.79 Å². The van der Waals surface area contributed by atoms with Gasteiger partial charge >= 0.3 is 6.09 Å². The number of halogens is 1. The van der Waals surface area contributed by atoms with Crippen molar-refractivity contribution in [2.45, 2.75) is 18.8 Å². The van der Waals surface area contributed by atoms with E-state index in [1.54, 1.807) is 4.90 Å². The summed E-state index contributed by atoms with van der Waals surface area (Å²) >= 11 is 3.50. The number of methoxy groups -OCH3 is 1. The third kappa shape index (κ3) is 2.28. The van der Waals surface area contributed by atoms with Crippen molar-refractivity contribution in [3.05, 3.63) is 34.8 Å². The van der Waals surface area contributed by atoms with Crippen LogP contribution < -0.4 is 0 Å². The van der Waals surface area contributed by atoms with Gasteiger partial charge in [0, 0.05) is 25.2 Å². The number of imidazole rings is 1. The highest BCUT2D eigenvalue weighted by Gasteiger charge is 2.28. The zero-order chi connectivity index (χ0) is 14.1. The van der Waals surface area contributed by atoms with Crippen LogP contribution in [0.25, 0.3) is 5.52 Å². The van der Waals surface area contributed by atoms with Crippen molar-refractivity contribution in [1.82, 2.24) is 14.3 Å². The van der Waals surface area contributed by atoms with Crippen LogP contribution in [0, 0.1) is 0 Å². The lowest BCUT2D eigenvalue weighted by Crippen LogP contribution is -2.39. The molecule has 0 saturated carbocycles. The van der Waals surface area contributed by atoms with E-state index in [2.05, 4.69) is 25.3 Å². The molecule has 0 aliphatic carbocycles. The summed E-state index contributed by atoms with van der Waals surface area (Å²) in [6, 6.07) is 6.01. The fourth-order valence-corrected chi connectivity index (χ4v) is 3.30. The highest BCUT2D eigenvalue weighted by molar-refractivity contribution is 9.10. The van der Waals surface area contributed by atoms with Gasteiger partial charge in [-0.1, -0.05) is 6.07 Å². The van der Waals surface area contributed by atoms with Crippen molar-refractivity contribution in [3.63, 3.8) is 0 Å². The number of piperidine rings is 1. The van der Waals surface area contributed by atoms with Gasteiger partial charge in [-0.2, -0.15) is 0 Å². The summed E-state index contributed by atoms with van der Waals surface area (Å²) in [5.74, 6) is 1.24. The van der Waals surface area contributed by atoms with Gasteiger partial charge in [-0.05, 0) is 40.9 Å². The first-order valence-corrected chi connectivity index (χ1v) is 7.45. The molecule has 1 unspecified atom stereocenters. The number of aromatic nitrogens is 2. The Morgan fingerprint density at radius 2 is 2.35 bits per heavy atom. The van der Waals surface area contributed by atoms with Crippen molar-refractivity contribution in [2.24, 2.45) is 0 Å². The molecule has 3 rings (SSSR count). The van der Waals surface area contributed by atoms with Gasteiger partial charge in [0.1, 0.15) is 10.4 Å². The molecule has 2 aromatic heterocycles. The zero-order valence-electron chi connectivity index (χ0n) is 11.3. The molecule has 6 heteroatoms. The number of likely N-dealkylation sites (tertiary alicyclic amines) is 1. The standard InChI is InChI=1S/C14H16BrN3O2/c1-20-14(19)17-7-4-5-10(9-17)13-16-12(15)11-6-2-3-8-18(11)13/h2-3,6,8,10H,4-5,7,9H2,1H3. The number of rotatable bonds is 1. The number of fused-ring (bicyclic) bond motifs is 1. The first kappa shape index (κ1) is 13.4. The maximum atomic E-state index is 11.7. The monoisotopic (exact) mass is 337 g/mol. The van der Waals surface area contributed by atoms with Crippen LogP contribution in [0.2, 0.25) is 0 Å². The topological polar surface area (TPSA) is 46.8 Å². The van der Waals surface area contributed by atoms with Gasteiger partial charge in [-0.15, -0.1) is 0 Å². The van der Waals surface area contributed by atoms with Gasteiger partial charge in [0.05, 0.1) is 12.6 Å². The SMILES string of the molecule is COC(=O)N1CCCC(c2nc(Br)c3ccccn23)C1. The molecule has 3 heterocycles. The molecule has 2 aromatic rings. The first-order chi connectivity index (χ1) is 9.70. The molecule has 1 atom stereocenters. The van der Waals surface area contributed by atoms with Crippen molar-refractivity contribution < 1.29 is 9.53 Å². The summed E-state index contributed by atoms with van der Waals surface area (Å²) in [5.41, 5.74) is 1.05. The van der Waals surface area contributed by atoms with E-state index in [1.165, 1.54) is 7.11 Å². The summed E-state index contributed by atoms with van der Waals surface area (Å²) in [6.45, 7) is 1.42. The Balaban J connectivity index is 1.93.